The molecule has 8 rings (SSSR count). The summed E-state index contributed by atoms with van der Waals surface area (Å²) < 4.78 is 12.2. The summed E-state index contributed by atoms with van der Waals surface area (Å²) in [7, 11) is 0. The van der Waals surface area contributed by atoms with Crippen LogP contribution in [0.4, 0.5) is 0 Å². The maximum Gasteiger partial charge on any atom is 0.312 e. The number of rotatable bonds is 10. The van der Waals surface area contributed by atoms with Gasteiger partial charge < -0.3 is 14.6 Å². The molecule has 3 aliphatic carbocycles. The number of carbonyl (C=O) groups excluding carboxylic acids is 1. The van der Waals surface area contributed by atoms with E-state index in [9.17, 15) is 9.90 Å². The van der Waals surface area contributed by atoms with Crippen LogP contribution in [0.25, 0.3) is 22.3 Å². The van der Waals surface area contributed by atoms with E-state index in [1.54, 1.807) is 0 Å². The van der Waals surface area contributed by atoms with E-state index in [4.69, 9.17) is 9.47 Å². The maximum atomic E-state index is 14.0. The average Bonchev–Trinajstić information content (AvgIpc) is 3.56. The molecular formula is C44H38O4. The third kappa shape index (κ3) is 5.17. The molecule has 5 aromatic carbocycles. The molecule has 1 atom stereocenters. The van der Waals surface area contributed by atoms with Crippen LogP contribution in [0.2, 0.25) is 0 Å². The molecule has 0 aromatic heterocycles. The Hall–Kier alpha value is -5.19. The SMILES string of the molecule is O=C(CC1(CCC2(CC(O)Oc3ccccc3)c3ccccc3-c3ccccc32)c2ccccc2-c2ccccc21)OC1=CC=CCC1. The van der Waals surface area contributed by atoms with Gasteiger partial charge in [0.05, 0.1) is 6.42 Å². The molecule has 0 bridgehead atoms. The van der Waals surface area contributed by atoms with E-state index in [1.165, 1.54) is 22.3 Å². The van der Waals surface area contributed by atoms with Gasteiger partial charge in [0, 0.05) is 23.7 Å². The first kappa shape index (κ1) is 30.2. The van der Waals surface area contributed by atoms with Gasteiger partial charge in [0.25, 0.3) is 0 Å². The van der Waals surface area contributed by atoms with E-state index in [0.29, 0.717) is 30.8 Å². The van der Waals surface area contributed by atoms with Crippen molar-refractivity contribution in [3.63, 3.8) is 0 Å². The lowest BCUT2D eigenvalue weighted by atomic mass is 9.65. The first-order valence-corrected chi connectivity index (χ1v) is 16.9. The summed E-state index contributed by atoms with van der Waals surface area (Å²) in [6.07, 6.45) is 8.40. The molecule has 3 aliphatic rings. The van der Waals surface area contributed by atoms with Crippen LogP contribution in [0.3, 0.4) is 0 Å². The van der Waals surface area contributed by atoms with Gasteiger partial charge in [0.15, 0.2) is 6.29 Å². The molecule has 0 heterocycles. The molecule has 238 valence electrons. The molecule has 4 nitrogen and oxygen atoms in total. The van der Waals surface area contributed by atoms with Gasteiger partial charge in [-0.15, -0.1) is 0 Å². The van der Waals surface area contributed by atoms with Crippen LogP contribution < -0.4 is 4.74 Å². The Kier molecular flexibility index (Phi) is 7.82. The second kappa shape index (κ2) is 12.4. The smallest absolute Gasteiger partial charge is 0.312 e. The monoisotopic (exact) mass is 630 g/mol. The van der Waals surface area contributed by atoms with Crippen LogP contribution in [0.15, 0.2) is 151 Å². The summed E-state index contributed by atoms with van der Waals surface area (Å²) in [5.74, 6) is 1.12. The van der Waals surface area contributed by atoms with Crippen LogP contribution in [0, 0.1) is 0 Å². The van der Waals surface area contributed by atoms with Gasteiger partial charge in [-0.3, -0.25) is 4.79 Å². The zero-order chi connectivity index (χ0) is 32.6. The summed E-state index contributed by atoms with van der Waals surface area (Å²) in [6.45, 7) is 0. The predicted molar refractivity (Wildman–Crippen MR) is 189 cm³/mol. The minimum atomic E-state index is -1.05. The zero-order valence-electron chi connectivity index (χ0n) is 26.8. The number of allylic oxidation sites excluding steroid dienone is 4. The number of para-hydroxylation sites is 1. The van der Waals surface area contributed by atoms with E-state index >= 15 is 0 Å². The lowest BCUT2D eigenvalue weighted by molar-refractivity contribution is -0.141. The first-order valence-electron chi connectivity index (χ1n) is 16.9. The topological polar surface area (TPSA) is 55.8 Å². The molecular weight excluding hydrogens is 592 g/mol. The van der Waals surface area contributed by atoms with Crippen LogP contribution in [0.5, 0.6) is 5.75 Å². The third-order valence-electron chi connectivity index (χ3n) is 10.5. The number of aliphatic hydroxyl groups excluding tert-OH is 1. The van der Waals surface area contributed by atoms with Gasteiger partial charge >= 0.3 is 5.97 Å². The van der Waals surface area contributed by atoms with Gasteiger partial charge in [-0.05, 0) is 82.0 Å². The molecule has 0 amide bonds. The summed E-state index contributed by atoms with van der Waals surface area (Å²) in [4.78, 5) is 14.0. The third-order valence-corrected chi connectivity index (χ3v) is 10.5. The van der Waals surface area contributed by atoms with Crippen molar-refractivity contribution in [1.82, 2.24) is 0 Å². The van der Waals surface area contributed by atoms with E-state index in [1.807, 2.05) is 42.5 Å². The van der Waals surface area contributed by atoms with Crippen LogP contribution >= 0.6 is 0 Å². The summed E-state index contributed by atoms with van der Waals surface area (Å²) in [6, 6.07) is 43.6. The standard InChI is InChI=1S/C44H38O4/c45-41(47-31-15-3-1-4-16-31)29-43(37-23-11-7-19-33(37)34-20-8-12-24-38(34)43)27-28-44(30-42(46)48-32-17-5-2-6-18-32)39-25-13-9-21-35(39)36-22-10-14-26-40(36)44/h1-5,7-17,19-26,41,45H,6,18,27-30H2. The van der Waals surface area contributed by atoms with E-state index in [0.717, 1.165) is 35.1 Å². The second-order valence-electron chi connectivity index (χ2n) is 13.2. The van der Waals surface area contributed by atoms with E-state index in [-0.39, 0.29) is 12.4 Å². The van der Waals surface area contributed by atoms with Gasteiger partial charge in [0.2, 0.25) is 0 Å². The number of fused-ring (bicyclic) bond motifs is 6. The average molecular weight is 631 g/mol. The number of esters is 1. The van der Waals surface area contributed by atoms with Gasteiger partial charge in [0.1, 0.15) is 11.5 Å². The highest BCUT2D eigenvalue weighted by atomic mass is 16.6. The molecule has 1 N–H and O–H groups in total. The quantitative estimate of drug-likeness (QED) is 0.123. The van der Waals surface area contributed by atoms with Crippen LogP contribution in [-0.4, -0.2) is 17.4 Å². The van der Waals surface area contributed by atoms with Gasteiger partial charge in [-0.25, -0.2) is 0 Å². The summed E-state index contributed by atoms with van der Waals surface area (Å²) in [5.41, 5.74) is 8.14. The number of hydrogen-bond donors (Lipinski definition) is 1. The number of carbonyl (C=O) groups is 1. The molecule has 0 radical (unpaired) electrons. The Labute approximate surface area is 282 Å². The Morgan fingerprint density at radius 3 is 1.65 bits per heavy atom. The Morgan fingerprint density at radius 1 is 0.646 bits per heavy atom. The maximum absolute atomic E-state index is 14.0. The highest BCUT2D eigenvalue weighted by Gasteiger charge is 2.50. The van der Waals surface area contributed by atoms with Crippen molar-refractivity contribution in [2.75, 3.05) is 0 Å². The fourth-order valence-electron chi connectivity index (χ4n) is 8.49. The fourth-order valence-corrected chi connectivity index (χ4v) is 8.49. The van der Waals surface area contributed by atoms with Crippen molar-refractivity contribution in [3.05, 3.63) is 174 Å². The molecule has 0 saturated carbocycles. The number of ether oxygens (including phenoxy) is 2. The summed E-state index contributed by atoms with van der Waals surface area (Å²) >= 11 is 0. The molecule has 48 heavy (non-hydrogen) atoms. The molecule has 4 heteroatoms. The second-order valence-corrected chi connectivity index (χ2v) is 13.2. The van der Waals surface area contributed by atoms with Crippen molar-refractivity contribution < 1.29 is 19.4 Å². The molecule has 0 spiro atoms. The minimum absolute atomic E-state index is 0.213. The fraction of sp³-hybridized carbons (Fsp3) is 0.205. The van der Waals surface area contributed by atoms with Crippen molar-refractivity contribution in [2.45, 2.75) is 55.6 Å². The minimum Gasteiger partial charge on any atom is -0.465 e. The normalized spacial score (nSPS) is 16.6. The molecule has 0 fully saturated rings. The predicted octanol–water partition coefficient (Wildman–Crippen LogP) is 9.65. The van der Waals surface area contributed by atoms with Crippen LogP contribution in [0.1, 0.15) is 60.8 Å². The lowest BCUT2D eigenvalue weighted by Gasteiger charge is -2.39. The highest BCUT2D eigenvalue weighted by Crippen LogP contribution is 2.59. The molecule has 0 aliphatic heterocycles. The van der Waals surface area contributed by atoms with Crippen molar-refractivity contribution in [1.29, 1.82) is 0 Å². The number of aliphatic hydroxyl groups is 1. The van der Waals surface area contributed by atoms with Crippen molar-refractivity contribution in [3.8, 4) is 28.0 Å². The molecule has 5 aromatic rings. The number of hydrogen-bond acceptors (Lipinski definition) is 4. The summed E-state index contributed by atoms with van der Waals surface area (Å²) in [5, 5.41) is 11.7. The zero-order valence-corrected chi connectivity index (χ0v) is 26.8. The largest absolute Gasteiger partial charge is 0.465 e. The molecule has 1 unspecified atom stereocenters. The Bertz CT molecular complexity index is 1950. The van der Waals surface area contributed by atoms with Gasteiger partial charge in [-0.1, -0.05) is 127 Å². The van der Waals surface area contributed by atoms with Crippen molar-refractivity contribution in [2.24, 2.45) is 0 Å². The Balaban J connectivity index is 1.24. The number of benzene rings is 5. The lowest BCUT2D eigenvalue weighted by Crippen LogP contribution is -2.37. The van der Waals surface area contributed by atoms with Crippen molar-refractivity contribution >= 4 is 5.97 Å². The van der Waals surface area contributed by atoms with E-state index < -0.39 is 17.1 Å². The van der Waals surface area contributed by atoms with Gasteiger partial charge in [-0.2, -0.15) is 0 Å². The Morgan fingerprint density at radius 2 is 1.12 bits per heavy atom. The van der Waals surface area contributed by atoms with Crippen LogP contribution in [-0.2, 0) is 20.4 Å². The first-order chi connectivity index (χ1) is 23.6. The highest BCUT2D eigenvalue weighted by molar-refractivity contribution is 5.85. The van der Waals surface area contributed by atoms with E-state index in [2.05, 4.69) is 103 Å². The molecule has 0 saturated heterocycles.